The van der Waals surface area contributed by atoms with Crippen LogP contribution in [0.2, 0.25) is 0 Å². The van der Waals surface area contributed by atoms with E-state index in [2.05, 4.69) is 17.1 Å². The maximum Gasteiger partial charge on any atom is 0.130 e. The second kappa shape index (κ2) is 4.99. The third-order valence-corrected chi connectivity index (χ3v) is 3.50. The number of aromatic nitrogens is 1. The fourth-order valence-electron chi connectivity index (χ4n) is 2.34. The lowest BCUT2D eigenvalue weighted by molar-refractivity contribution is 0.480. The summed E-state index contributed by atoms with van der Waals surface area (Å²) in [7, 11) is 0. The Labute approximate surface area is 112 Å². The van der Waals surface area contributed by atoms with Crippen molar-refractivity contribution in [1.82, 2.24) is 4.98 Å². The number of hydrogen-bond donors (Lipinski definition) is 0. The number of fused-ring (bicyclic) bond motifs is 1. The van der Waals surface area contributed by atoms with Crippen LogP contribution in [0.15, 0.2) is 36.5 Å². The number of ether oxygens (including phenoxy) is 1. The highest BCUT2D eigenvalue weighted by Crippen LogP contribution is 2.29. The van der Waals surface area contributed by atoms with E-state index >= 15 is 0 Å². The van der Waals surface area contributed by atoms with E-state index in [0.29, 0.717) is 5.88 Å². The lowest BCUT2D eigenvalue weighted by atomic mass is 10.1. The van der Waals surface area contributed by atoms with Crippen molar-refractivity contribution < 1.29 is 4.74 Å². The summed E-state index contributed by atoms with van der Waals surface area (Å²) in [5.41, 5.74) is 3.70. The van der Waals surface area contributed by atoms with E-state index in [0.717, 1.165) is 23.6 Å². The Kier molecular flexibility index (Phi) is 3.20. The van der Waals surface area contributed by atoms with Gasteiger partial charge in [-0.3, -0.25) is 4.98 Å². The molecular formula is C15H14ClNO. The van der Waals surface area contributed by atoms with Gasteiger partial charge in [0.1, 0.15) is 11.5 Å². The molecule has 0 unspecified atom stereocenters. The fraction of sp³-hybridized carbons (Fsp3) is 0.267. The Bertz CT molecular complexity index is 568. The summed E-state index contributed by atoms with van der Waals surface area (Å²) in [5.74, 6) is 2.09. The van der Waals surface area contributed by atoms with Gasteiger partial charge in [0, 0.05) is 12.3 Å². The number of nitrogens with zero attached hydrogens (tertiary/aromatic N) is 1. The first kappa shape index (κ1) is 11.5. The highest BCUT2D eigenvalue weighted by molar-refractivity contribution is 6.16. The number of benzene rings is 1. The van der Waals surface area contributed by atoms with Gasteiger partial charge >= 0.3 is 0 Å². The number of alkyl halides is 1. The molecule has 2 aromatic rings. The predicted octanol–water partition coefficient (Wildman–Crippen LogP) is 4.10. The van der Waals surface area contributed by atoms with Gasteiger partial charge in [0.25, 0.3) is 0 Å². The van der Waals surface area contributed by atoms with Crippen LogP contribution in [-0.4, -0.2) is 4.98 Å². The van der Waals surface area contributed by atoms with Crippen LogP contribution >= 0.6 is 11.6 Å². The van der Waals surface area contributed by atoms with E-state index in [9.17, 15) is 0 Å². The SMILES string of the molecule is ClCc1cc(Oc2ccc3c(c2)CCC3)ccn1. The zero-order chi connectivity index (χ0) is 12.4. The first-order chi connectivity index (χ1) is 8.85. The molecule has 1 aliphatic carbocycles. The number of pyridine rings is 1. The Balaban J connectivity index is 1.83. The van der Waals surface area contributed by atoms with Crippen LogP contribution in [-0.2, 0) is 18.7 Å². The number of hydrogen-bond acceptors (Lipinski definition) is 2. The minimum atomic E-state index is 0.404. The van der Waals surface area contributed by atoms with Gasteiger partial charge in [0.15, 0.2) is 0 Å². The van der Waals surface area contributed by atoms with E-state index < -0.39 is 0 Å². The van der Waals surface area contributed by atoms with Crippen LogP contribution in [0.5, 0.6) is 11.5 Å². The minimum absolute atomic E-state index is 0.404. The van der Waals surface area contributed by atoms with Crippen LogP contribution in [0.25, 0.3) is 0 Å². The first-order valence-electron chi connectivity index (χ1n) is 6.16. The maximum absolute atomic E-state index is 5.85. The van der Waals surface area contributed by atoms with Crippen LogP contribution < -0.4 is 4.74 Å². The molecule has 0 bridgehead atoms. The second-order valence-electron chi connectivity index (χ2n) is 4.50. The molecule has 0 spiro atoms. The molecule has 18 heavy (non-hydrogen) atoms. The van der Waals surface area contributed by atoms with Crippen molar-refractivity contribution in [2.75, 3.05) is 0 Å². The molecule has 0 fully saturated rings. The molecule has 3 heteroatoms. The quantitative estimate of drug-likeness (QED) is 0.774. The van der Waals surface area contributed by atoms with E-state index in [-0.39, 0.29) is 0 Å². The third-order valence-electron chi connectivity index (χ3n) is 3.23. The first-order valence-corrected chi connectivity index (χ1v) is 6.69. The molecule has 0 radical (unpaired) electrons. The van der Waals surface area contributed by atoms with Crippen molar-refractivity contribution in [1.29, 1.82) is 0 Å². The molecule has 92 valence electrons. The molecule has 0 amide bonds. The zero-order valence-corrected chi connectivity index (χ0v) is 10.8. The molecule has 1 aliphatic rings. The highest BCUT2D eigenvalue weighted by Gasteiger charge is 2.11. The Morgan fingerprint density at radius 3 is 2.78 bits per heavy atom. The van der Waals surface area contributed by atoms with E-state index in [1.165, 1.54) is 24.0 Å². The lowest BCUT2D eigenvalue weighted by Gasteiger charge is -2.08. The van der Waals surface area contributed by atoms with Crippen LogP contribution in [0.3, 0.4) is 0 Å². The molecule has 1 aromatic heterocycles. The van der Waals surface area contributed by atoms with Gasteiger partial charge in [-0.2, -0.15) is 0 Å². The summed E-state index contributed by atoms with van der Waals surface area (Å²) in [6.45, 7) is 0. The standard InChI is InChI=1S/C15H14ClNO/c16-10-13-9-15(6-7-17-13)18-14-5-4-11-2-1-3-12(11)8-14/h4-9H,1-3,10H2. The molecule has 0 aliphatic heterocycles. The van der Waals surface area contributed by atoms with Crippen molar-refractivity contribution in [2.24, 2.45) is 0 Å². The minimum Gasteiger partial charge on any atom is -0.457 e. The molecule has 0 atom stereocenters. The van der Waals surface area contributed by atoms with Crippen molar-refractivity contribution in [3.8, 4) is 11.5 Å². The molecule has 0 saturated carbocycles. The normalized spacial score (nSPS) is 13.4. The average Bonchev–Trinajstić information content (AvgIpc) is 2.86. The van der Waals surface area contributed by atoms with Crippen LogP contribution in [0, 0.1) is 0 Å². The second-order valence-corrected chi connectivity index (χ2v) is 4.77. The topological polar surface area (TPSA) is 22.1 Å². The Hall–Kier alpha value is -1.54. The number of aryl methyl sites for hydroxylation is 2. The summed E-state index contributed by atoms with van der Waals surface area (Å²) in [6, 6.07) is 10.1. The van der Waals surface area contributed by atoms with Crippen LogP contribution in [0.1, 0.15) is 23.2 Å². The van der Waals surface area contributed by atoms with Crippen molar-refractivity contribution in [3.63, 3.8) is 0 Å². The predicted molar refractivity (Wildman–Crippen MR) is 72.3 cm³/mol. The smallest absolute Gasteiger partial charge is 0.130 e. The summed E-state index contributed by atoms with van der Waals surface area (Å²) in [6.07, 6.45) is 5.34. The average molecular weight is 260 g/mol. The third kappa shape index (κ3) is 2.34. The van der Waals surface area contributed by atoms with Gasteiger partial charge in [-0.05, 0) is 48.6 Å². The number of rotatable bonds is 3. The largest absolute Gasteiger partial charge is 0.457 e. The van der Waals surface area contributed by atoms with Gasteiger partial charge < -0.3 is 4.74 Å². The van der Waals surface area contributed by atoms with Gasteiger partial charge in [-0.25, -0.2) is 0 Å². The van der Waals surface area contributed by atoms with Crippen molar-refractivity contribution in [3.05, 3.63) is 53.3 Å². The highest BCUT2D eigenvalue weighted by atomic mass is 35.5. The maximum atomic E-state index is 5.85. The molecule has 3 rings (SSSR count). The lowest BCUT2D eigenvalue weighted by Crippen LogP contribution is -1.90. The molecular weight excluding hydrogens is 246 g/mol. The van der Waals surface area contributed by atoms with Gasteiger partial charge in [-0.1, -0.05) is 6.07 Å². The van der Waals surface area contributed by atoms with Crippen molar-refractivity contribution in [2.45, 2.75) is 25.1 Å². The summed E-state index contributed by atoms with van der Waals surface area (Å²) in [4.78, 5) is 4.15. The van der Waals surface area contributed by atoms with Gasteiger partial charge in [0.05, 0.1) is 11.6 Å². The van der Waals surface area contributed by atoms with Gasteiger partial charge in [-0.15, -0.1) is 11.6 Å². The fourth-order valence-corrected chi connectivity index (χ4v) is 2.49. The molecule has 0 saturated heterocycles. The van der Waals surface area contributed by atoms with Crippen LogP contribution in [0.4, 0.5) is 0 Å². The number of halogens is 1. The summed E-state index contributed by atoms with van der Waals surface area (Å²) < 4.78 is 5.85. The van der Waals surface area contributed by atoms with E-state index in [1.54, 1.807) is 6.20 Å². The monoisotopic (exact) mass is 259 g/mol. The molecule has 1 aromatic carbocycles. The van der Waals surface area contributed by atoms with Crippen molar-refractivity contribution >= 4 is 11.6 Å². The summed E-state index contributed by atoms with van der Waals surface area (Å²) >= 11 is 5.76. The molecule has 0 N–H and O–H groups in total. The summed E-state index contributed by atoms with van der Waals surface area (Å²) in [5, 5.41) is 0. The molecule has 2 nitrogen and oxygen atoms in total. The van der Waals surface area contributed by atoms with Gasteiger partial charge in [0.2, 0.25) is 0 Å². The Morgan fingerprint density at radius 2 is 1.89 bits per heavy atom. The van der Waals surface area contributed by atoms with E-state index in [1.807, 2.05) is 18.2 Å². The molecule has 1 heterocycles. The zero-order valence-electron chi connectivity index (χ0n) is 10.0. The Morgan fingerprint density at radius 1 is 1.06 bits per heavy atom. The van der Waals surface area contributed by atoms with E-state index in [4.69, 9.17) is 16.3 Å².